The smallest absolute Gasteiger partial charge is 0.408 e. The summed E-state index contributed by atoms with van der Waals surface area (Å²) in [4.78, 5) is 31.2. The average Bonchev–Trinajstić information content (AvgIpc) is 3.37. The Morgan fingerprint density at radius 1 is 1.29 bits per heavy atom. The van der Waals surface area contributed by atoms with E-state index in [2.05, 4.69) is 20.1 Å². The van der Waals surface area contributed by atoms with Crippen molar-refractivity contribution < 1.29 is 37.0 Å². The van der Waals surface area contributed by atoms with Crippen LogP contribution in [0.2, 0.25) is 0 Å². The summed E-state index contributed by atoms with van der Waals surface area (Å²) in [5.41, 5.74) is 0.433. The molecule has 2 amide bonds. The molecule has 3 heterocycles. The molecule has 3 aromatic heterocycles. The minimum absolute atomic E-state index is 0.123. The fourth-order valence-corrected chi connectivity index (χ4v) is 5.78. The minimum Gasteiger partial charge on any atom is -0.465 e. The van der Waals surface area contributed by atoms with Gasteiger partial charge in [0.1, 0.15) is 6.04 Å². The normalized spacial score (nSPS) is 19.5. The van der Waals surface area contributed by atoms with Gasteiger partial charge in [0.25, 0.3) is 11.8 Å². The van der Waals surface area contributed by atoms with Gasteiger partial charge in [-0.2, -0.15) is 13.9 Å². The van der Waals surface area contributed by atoms with Crippen molar-refractivity contribution in [3.8, 4) is 16.9 Å². The number of carboxylic acid groups (broad SMARTS) is 1. The largest absolute Gasteiger partial charge is 0.465 e. The van der Waals surface area contributed by atoms with Crippen molar-refractivity contribution in [2.24, 2.45) is 0 Å². The van der Waals surface area contributed by atoms with Gasteiger partial charge in [-0.3, -0.25) is 9.69 Å². The summed E-state index contributed by atoms with van der Waals surface area (Å²) in [6.07, 6.45) is 2.31. The highest BCUT2D eigenvalue weighted by Gasteiger charge is 2.52. The van der Waals surface area contributed by atoms with Crippen molar-refractivity contribution in [3.63, 3.8) is 0 Å². The minimum atomic E-state index is -3.31. The zero-order valence-electron chi connectivity index (χ0n) is 21.0. The molecule has 38 heavy (non-hydrogen) atoms. The monoisotopic (exact) mass is 557 g/mol. The number of hydrogen-bond donors (Lipinski definition) is 2. The van der Waals surface area contributed by atoms with E-state index in [1.165, 1.54) is 23.0 Å². The van der Waals surface area contributed by atoms with E-state index in [1.54, 1.807) is 27.7 Å². The highest BCUT2D eigenvalue weighted by atomic mass is 32.1. The Morgan fingerprint density at radius 2 is 2.00 bits per heavy atom. The van der Waals surface area contributed by atoms with Gasteiger partial charge < -0.3 is 15.2 Å². The van der Waals surface area contributed by atoms with Crippen LogP contribution >= 0.6 is 11.3 Å². The molecule has 0 radical (unpaired) electrons. The van der Waals surface area contributed by atoms with E-state index in [0.717, 1.165) is 22.4 Å². The van der Waals surface area contributed by atoms with E-state index in [0.29, 0.717) is 21.7 Å². The van der Waals surface area contributed by atoms with E-state index >= 15 is 8.78 Å². The lowest BCUT2D eigenvalue weighted by Crippen LogP contribution is -2.66. The van der Waals surface area contributed by atoms with Crippen LogP contribution in [0.15, 0.2) is 24.7 Å². The van der Waals surface area contributed by atoms with Crippen molar-refractivity contribution in [1.82, 2.24) is 24.8 Å². The van der Waals surface area contributed by atoms with Crippen molar-refractivity contribution in [3.05, 3.63) is 34.4 Å². The van der Waals surface area contributed by atoms with Gasteiger partial charge in [-0.1, -0.05) is 0 Å². The summed E-state index contributed by atoms with van der Waals surface area (Å²) in [5, 5.41) is 16.3. The number of fused-ring (bicyclic) bond motifs is 1. The number of ether oxygens (including phenoxy) is 1. The van der Waals surface area contributed by atoms with E-state index in [-0.39, 0.29) is 23.5 Å². The lowest BCUT2D eigenvalue weighted by molar-refractivity contribution is -0.0973. The molecule has 0 aliphatic heterocycles. The molecule has 3 aromatic rings. The highest BCUT2D eigenvalue weighted by molar-refractivity contribution is 7.14. The van der Waals surface area contributed by atoms with Crippen LogP contribution in [0.3, 0.4) is 0 Å². The zero-order chi connectivity index (χ0) is 28.0. The predicted molar refractivity (Wildman–Crippen MR) is 131 cm³/mol. The molecule has 0 saturated heterocycles. The second kappa shape index (κ2) is 10.0. The number of carbonyl (C=O) groups excluding carboxylic acids is 1. The quantitative estimate of drug-likeness (QED) is 0.391. The predicted octanol–water partition coefficient (Wildman–Crippen LogP) is 5.43. The van der Waals surface area contributed by atoms with Crippen molar-refractivity contribution in [2.75, 3.05) is 0 Å². The van der Waals surface area contributed by atoms with Gasteiger partial charge in [-0.25, -0.2) is 23.1 Å². The van der Waals surface area contributed by atoms with E-state index in [1.807, 2.05) is 0 Å². The molecule has 2 N–H and O–H groups in total. The number of halogens is 4. The SMILES string of the molecule is Cc1sc(C(=O)N[C@@H]2[C@H](N(C(=O)O)C(C)(C)C)CCCC2(F)F)cc1-c1cnn2cc(OC(F)F)cnc12. The fraction of sp³-hybridized carbons (Fsp3) is 0.500. The molecular formula is C24H27F4N5O4S. The number of rotatable bonds is 6. The number of hydrogen-bond acceptors (Lipinski definition) is 6. The topological polar surface area (TPSA) is 109 Å². The van der Waals surface area contributed by atoms with Gasteiger partial charge in [0, 0.05) is 28.0 Å². The Morgan fingerprint density at radius 3 is 2.63 bits per heavy atom. The molecular weight excluding hydrogens is 530 g/mol. The number of alkyl halides is 4. The molecule has 1 fully saturated rings. The standard InChI is InChI=1S/C24H27F4N5O4S/c1-12-14(15-10-30-32-11-13(37-21(25)26)9-29-19(15)32)8-17(38-12)20(34)31-18-16(6-5-7-24(18,27)28)33(22(35)36)23(2,3)4/h8-11,16,18,21H,5-7H2,1-4H3,(H,31,34)(H,35,36)/t16-,18-/m1/s1. The first-order chi connectivity index (χ1) is 17.7. The van der Waals surface area contributed by atoms with Crippen molar-refractivity contribution in [2.45, 2.75) is 77.1 Å². The third-order valence-electron chi connectivity index (χ3n) is 6.39. The summed E-state index contributed by atoms with van der Waals surface area (Å²) >= 11 is 1.08. The van der Waals surface area contributed by atoms with Crippen LogP contribution in [0.1, 0.15) is 54.6 Å². The van der Waals surface area contributed by atoms with Crippen LogP contribution in [0.4, 0.5) is 22.4 Å². The van der Waals surface area contributed by atoms with Crippen LogP contribution in [0, 0.1) is 6.92 Å². The van der Waals surface area contributed by atoms with E-state index < -0.39 is 48.6 Å². The molecule has 0 unspecified atom stereocenters. The maximum Gasteiger partial charge on any atom is 0.408 e. The second-order valence-corrected chi connectivity index (χ2v) is 11.3. The van der Waals surface area contributed by atoms with Crippen LogP contribution in [-0.2, 0) is 0 Å². The molecule has 2 atom stereocenters. The summed E-state index contributed by atoms with van der Waals surface area (Å²) in [6.45, 7) is 3.57. The molecule has 0 aromatic carbocycles. The Balaban J connectivity index is 1.63. The summed E-state index contributed by atoms with van der Waals surface area (Å²) in [6, 6.07) is -1.31. The lowest BCUT2D eigenvalue weighted by atomic mass is 9.84. The summed E-state index contributed by atoms with van der Waals surface area (Å²) < 4.78 is 60.8. The molecule has 1 aliphatic rings. The van der Waals surface area contributed by atoms with Crippen LogP contribution in [0.5, 0.6) is 5.75 Å². The third-order valence-corrected chi connectivity index (χ3v) is 7.44. The molecule has 1 aliphatic carbocycles. The molecule has 206 valence electrons. The maximum atomic E-state index is 15.1. The maximum absolute atomic E-state index is 15.1. The highest BCUT2D eigenvalue weighted by Crippen LogP contribution is 2.39. The lowest BCUT2D eigenvalue weighted by Gasteiger charge is -2.47. The average molecular weight is 558 g/mol. The van der Waals surface area contributed by atoms with Gasteiger partial charge in [0.05, 0.1) is 29.5 Å². The Bertz CT molecular complexity index is 1350. The van der Waals surface area contributed by atoms with E-state index in [4.69, 9.17) is 0 Å². The Kier molecular flexibility index (Phi) is 7.30. The Hall–Kier alpha value is -3.42. The van der Waals surface area contributed by atoms with Crippen molar-refractivity contribution >= 4 is 29.0 Å². The zero-order valence-corrected chi connectivity index (χ0v) is 21.9. The van der Waals surface area contributed by atoms with Crippen LogP contribution < -0.4 is 10.1 Å². The third kappa shape index (κ3) is 5.40. The Labute approximate surface area is 219 Å². The molecule has 9 nitrogen and oxygen atoms in total. The molecule has 14 heteroatoms. The first-order valence-electron chi connectivity index (χ1n) is 11.8. The number of aryl methyl sites for hydroxylation is 1. The number of amides is 2. The number of nitrogens with one attached hydrogen (secondary N) is 1. The summed E-state index contributed by atoms with van der Waals surface area (Å²) in [7, 11) is 0. The number of aromatic nitrogens is 3. The van der Waals surface area contributed by atoms with Gasteiger partial charge in [0.15, 0.2) is 11.4 Å². The number of thiophene rings is 1. The first kappa shape index (κ1) is 27.6. The molecule has 0 bridgehead atoms. The molecule has 4 rings (SSSR count). The molecule has 1 saturated carbocycles. The van der Waals surface area contributed by atoms with Crippen LogP contribution in [-0.4, -0.2) is 66.8 Å². The molecule has 0 spiro atoms. The van der Waals surface area contributed by atoms with Crippen molar-refractivity contribution in [1.29, 1.82) is 0 Å². The second-order valence-electron chi connectivity index (χ2n) is 10.1. The van der Waals surface area contributed by atoms with E-state index in [9.17, 15) is 23.5 Å². The van der Waals surface area contributed by atoms with Gasteiger partial charge in [-0.05, 0) is 46.6 Å². The fourth-order valence-electron chi connectivity index (χ4n) is 4.84. The first-order valence-corrected chi connectivity index (χ1v) is 12.6. The number of carbonyl (C=O) groups is 2. The summed E-state index contributed by atoms with van der Waals surface area (Å²) in [5.74, 6) is -4.24. The van der Waals surface area contributed by atoms with Gasteiger partial charge >= 0.3 is 12.7 Å². The number of nitrogens with zero attached hydrogens (tertiary/aromatic N) is 4. The van der Waals surface area contributed by atoms with Gasteiger partial charge in [-0.15, -0.1) is 11.3 Å². The van der Waals surface area contributed by atoms with Crippen LogP contribution in [0.25, 0.3) is 16.8 Å². The van der Waals surface area contributed by atoms with Gasteiger partial charge in [0.2, 0.25) is 0 Å².